The maximum atomic E-state index is 13.5. The molecule has 1 aliphatic heterocycles. The lowest BCUT2D eigenvalue weighted by atomic mass is 10.1. The van der Waals surface area contributed by atoms with E-state index in [0.717, 1.165) is 33.5 Å². The van der Waals surface area contributed by atoms with Crippen molar-refractivity contribution in [2.24, 2.45) is 0 Å². The first-order valence-electron chi connectivity index (χ1n) is 12.2. The van der Waals surface area contributed by atoms with Crippen LogP contribution >= 0.6 is 0 Å². The number of sulfonamides is 1. The number of ether oxygens (including phenoxy) is 1. The summed E-state index contributed by atoms with van der Waals surface area (Å²) in [6.07, 6.45) is 1.78. The minimum absolute atomic E-state index is 0.0504. The Morgan fingerprint density at radius 1 is 0.946 bits per heavy atom. The minimum atomic E-state index is -3.91. The van der Waals surface area contributed by atoms with Gasteiger partial charge in [0.15, 0.2) is 0 Å². The number of carbonyl (C=O) groups excluding carboxylic acids is 1. The monoisotopic (exact) mass is 518 g/mol. The summed E-state index contributed by atoms with van der Waals surface area (Å²) in [5.41, 5.74) is 4.36. The van der Waals surface area contributed by atoms with E-state index in [1.807, 2.05) is 50.2 Å². The van der Waals surface area contributed by atoms with Gasteiger partial charge in [-0.1, -0.05) is 24.3 Å². The average molecular weight is 519 g/mol. The number of benzene rings is 3. The van der Waals surface area contributed by atoms with Gasteiger partial charge in [-0.05, 0) is 61.4 Å². The van der Waals surface area contributed by atoms with E-state index in [0.29, 0.717) is 37.4 Å². The van der Waals surface area contributed by atoms with Gasteiger partial charge in [0.05, 0.1) is 28.9 Å². The number of aromatic amines is 1. The molecule has 2 heterocycles. The van der Waals surface area contributed by atoms with Crippen molar-refractivity contribution in [2.45, 2.75) is 18.7 Å². The van der Waals surface area contributed by atoms with Crippen molar-refractivity contribution < 1.29 is 17.9 Å². The number of fused-ring (bicyclic) bond motifs is 1. The maximum Gasteiger partial charge on any atom is 0.261 e. The van der Waals surface area contributed by atoms with Crippen molar-refractivity contribution in [1.82, 2.24) is 9.88 Å². The topological polar surface area (TPSA) is 94.7 Å². The highest BCUT2D eigenvalue weighted by Crippen LogP contribution is 2.30. The van der Waals surface area contributed by atoms with Gasteiger partial charge in [0.25, 0.3) is 15.9 Å². The second-order valence-corrected chi connectivity index (χ2v) is 10.9. The first-order chi connectivity index (χ1) is 17.8. The van der Waals surface area contributed by atoms with Crippen LogP contribution in [0.1, 0.15) is 21.5 Å². The van der Waals surface area contributed by atoms with Crippen LogP contribution < -0.4 is 14.4 Å². The SMILES string of the molecule is COc1ccccc1N1CCN(C(=O)c2cc(S(=O)(=O)Nc3ccc(C)c4cc[nH]c34)ccc2C)CC1. The van der Waals surface area contributed by atoms with E-state index in [2.05, 4.69) is 14.6 Å². The van der Waals surface area contributed by atoms with E-state index in [1.165, 1.54) is 12.1 Å². The summed E-state index contributed by atoms with van der Waals surface area (Å²) < 4.78 is 34.8. The Morgan fingerprint density at radius 3 is 2.43 bits per heavy atom. The first-order valence-corrected chi connectivity index (χ1v) is 13.6. The number of methoxy groups -OCH3 is 1. The zero-order valence-electron chi connectivity index (χ0n) is 21.1. The van der Waals surface area contributed by atoms with Crippen LogP contribution in [0.5, 0.6) is 5.75 Å². The van der Waals surface area contributed by atoms with Gasteiger partial charge in [0, 0.05) is 43.3 Å². The van der Waals surface area contributed by atoms with Gasteiger partial charge in [-0.25, -0.2) is 8.42 Å². The Morgan fingerprint density at radius 2 is 1.68 bits per heavy atom. The zero-order valence-corrected chi connectivity index (χ0v) is 21.9. The Hall–Kier alpha value is -3.98. The van der Waals surface area contributed by atoms with Crippen LogP contribution in [0.15, 0.2) is 71.8 Å². The molecule has 0 spiro atoms. The van der Waals surface area contributed by atoms with Crippen LogP contribution in [0.3, 0.4) is 0 Å². The van der Waals surface area contributed by atoms with Crippen LogP contribution in [0, 0.1) is 13.8 Å². The number of aryl methyl sites for hydroxylation is 2. The molecule has 1 saturated heterocycles. The molecule has 8 nitrogen and oxygen atoms in total. The number of rotatable bonds is 6. The van der Waals surface area contributed by atoms with Crippen LogP contribution in [-0.4, -0.2) is 57.5 Å². The third kappa shape index (κ3) is 4.74. The lowest BCUT2D eigenvalue weighted by Gasteiger charge is -2.36. The predicted molar refractivity (Wildman–Crippen MR) is 146 cm³/mol. The zero-order chi connectivity index (χ0) is 26.2. The number of para-hydroxylation sites is 2. The van der Waals surface area contributed by atoms with E-state index in [-0.39, 0.29) is 10.8 Å². The number of aromatic nitrogens is 1. The molecule has 0 aliphatic carbocycles. The van der Waals surface area contributed by atoms with Crippen molar-refractivity contribution >= 4 is 38.2 Å². The van der Waals surface area contributed by atoms with E-state index in [9.17, 15) is 13.2 Å². The number of nitrogens with one attached hydrogen (secondary N) is 2. The molecule has 37 heavy (non-hydrogen) atoms. The lowest BCUT2D eigenvalue weighted by molar-refractivity contribution is 0.0745. The fourth-order valence-corrected chi connectivity index (χ4v) is 5.90. The number of hydrogen-bond acceptors (Lipinski definition) is 5. The smallest absolute Gasteiger partial charge is 0.261 e. The van der Waals surface area contributed by atoms with Crippen molar-refractivity contribution in [2.75, 3.05) is 42.9 Å². The van der Waals surface area contributed by atoms with E-state index in [1.54, 1.807) is 30.3 Å². The normalized spacial score (nSPS) is 14.1. The van der Waals surface area contributed by atoms with Crippen molar-refractivity contribution in [3.05, 3.63) is 83.6 Å². The Bertz CT molecular complexity index is 1570. The maximum absolute atomic E-state index is 13.5. The van der Waals surface area contributed by atoms with Gasteiger partial charge in [-0.2, -0.15) is 0 Å². The molecule has 1 aliphatic rings. The molecular weight excluding hydrogens is 488 g/mol. The Kier molecular flexibility index (Phi) is 6.55. The van der Waals surface area contributed by atoms with Crippen molar-refractivity contribution in [3.8, 4) is 5.75 Å². The molecule has 2 N–H and O–H groups in total. The molecule has 1 fully saturated rings. The van der Waals surface area contributed by atoms with Crippen LogP contribution in [0.2, 0.25) is 0 Å². The molecule has 4 aromatic rings. The summed E-state index contributed by atoms with van der Waals surface area (Å²) >= 11 is 0. The largest absolute Gasteiger partial charge is 0.495 e. The fraction of sp³-hybridized carbons (Fsp3) is 0.250. The fourth-order valence-electron chi connectivity index (χ4n) is 4.80. The number of hydrogen-bond donors (Lipinski definition) is 2. The highest BCUT2D eigenvalue weighted by atomic mass is 32.2. The number of anilines is 2. The molecule has 5 rings (SSSR count). The molecule has 0 saturated carbocycles. The third-order valence-corrected chi connectivity index (χ3v) is 8.29. The molecule has 192 valence electrons. The van der Waals surface area contributed by atoms with E-state index >= 15 is 0 Å². The van der Waals surface area contributed by atoms with Crippen LogP contribution in [0.25, 0.3) is 10.9 Å². The molecule has 1 amide bonds. The molecule has 0 radical (unpaired) electrons. The van der Waals surface area contributed by atoms with Gasteiger partial charge in [-0.3, -0.25) is 9.52 Å². The summed E-state index contributed by atoms with van der Waals surface area (Å²) in [5.74, 6) is 0.630. The van der Waals surface area contributed by atoms with Crippen LogP contribution in [-0.2, 0) is 10.0 Å². The Labute approximate surface area is 216 Å². The predicted octanol–water partition coefficient (Wildman–Crippen LogP) is 4.56. The summed E-state index contributed by atoms with van der Waals surface area (Å²) in [6, 6.07) is 18.1. The number of carbonyl (C=O) groups is 1. The second kappa shape index (κ2) is 9.82. The first kappa shape index (κ1) is 24.7. The van der Waals surface area contributed by atoms with Gasteiger partial charge in [0.2, 0.25) is 0 Å². The summed E-state index contributed by atoms with van der Waals surface area (Å²) in [7, 11) is -2.26. The second-order valence-electron chi connectivity index (χ2n) is 9.23. The van der Waals surface area contributed by atoms with Gasteiger partial charge in [-0.15, -0.1) is 0 Å². The van der Waals surface area contributed by atoms with Gasteiger partial charge in [0.1, 0.15) is 5.75 Å². The van der Waals surface area contributed by atoms with Gasteiger partial charge >= 0.3 is 0 Å². The number of nitrogens with zero attached hydrogens (tertiary/aromatic N) is 2. The van der Waals surface area contributed by atoms with Crippen molar-refractivity contribution in [3.63, 3.8) is 0 Å². The Balaban J connectivity index is 1.35. The van der Waals surface area contributed by atoms with Crippen LogP contribution in [0.4, 0.5) is 11.4 Å². The highest BCUT2D eigenvalue weighted by Gasteiger charge is 2.26. The molecule has 0 bridgehead atoms. The van der Waals surface area contributed by atoms with Gasteiger partial charge < -0.3 is 19.5 Å². The number of H-pyrrole nitrogens is 1. The van der Waals surface area contributed by atoms with E-state index < -0.39 is 10.0 Å². The lowest BCUT2D eigenvalue weighted by Crippen LogP contribution is -2.49. The molecule has 0 unspecified atom stereocenters. The summed E-state index contributed by atoms with van der Waals surface area (Å²) in [5, 5.41) is 0.951. The number of amides is 1. The average Bonchev–Trinajstić information content (AvgIpc) is 3.41. The molecule has 0 atom stereocenters. The minimum Gasteiger partial charge on any atom is -0.495 e. The summed E-state index contributed by atoms with van der Waals surface area (Å²) in [4.78, 5) is 20.6. The molecule has 1 aromatic heterocycles. The molecular formula is C28H30N4O4S. The summed E-state index contributed by atoms with van der Waals surface area (Å²) in [6.45, 7) is 6.17. The standard InChI is InChI=1S/C28H30N4O4S/c1-19-9-11-24(27-22(19)12-13-29-27)30-37(34,35)21-10-8-20(2)23(18-21)28(33)32-16-14-31(15-17-32)25-6-4-5-7-26(25)36-3/h4-13,18,29-30H,14-17H2,1-3H3. The molecule has 9 heteroatoms. The molecule has 3 aromatic carbocycles. The quantitative estimate of drug-likeness (QED) is 0.390. The number of piperazine rings is 1. The van der Waals surface area contributed by atoms with Crippen molar-refractivity contribution in [1.29, 1.82) is 0 Å². The third-order valence-electron chi connectivity index (χ3n) is 6.93. The van der Waals surface area contributed by atoms with E-state index in [4.69, 9.17) is 4.74 Å². The highest BCUT2D eigenvalue weighted by molar-refractivity contribution is 7.92.